The molecule has 0 radical (unpaired) electrons. The number of hydrogen-bond donors (Lipinski definition) is 1. The topological polar surface area (TPSA) is 78.4 Å². The molecule has 3 aromatic rings. The smallest absolute Gasteiger partial charge is 0.267 e. The molecule has 0 unspecified atom stereocenters. The molecular formula is C23H18ClN3O3S. The van der Waals surface area contributed by atoms with Gasteiger partial charge < -0.3 is 9.52 Å². The third-order valence-corrected chi connectivity index (χ3v) is 5.82. The van der Waals surface area contributed by atoms with Gasteiger partial charge in [0, 0.05) is 10.6 Å². The molecule has 1 amide bonds. The number of carbonyl (C=O) groups excluding carboxylic acids is 1. The molecule has 0 bridgehead atoms. The number of thioether (sulfide) groups is 1. The predicted molar refractivity (Wildman–Crippen MR) is 124 cm³/mol. The lowest BCUT2D eigenvalue weighted by atomic mass is 10.1. The van der Waals surface area contributed by atoms with Crippen molar-refractivity contribution in [1.82, 2.24) is 4.90 Å². The van der Waals surface area contributed by atoms with Crippen LogP contribution in [0, 0.1) is 6.92 Å². The van der Waals surface area contributed by atoms with E-state index < -0.39 is 0 Å². The van der Waals surface area contributed by atoms with E-state index in [0.29, 0.717) is 26.4 Å². The van der Waals surface area contributed by atoms with Crippen molar-refractivity contribution >= 4 is 46.7 Å². The summed E-state index contributed by atoms with van der Waals surface area (Å²) in [5.74, 6) is 0.396. The number of halogens is 1. The number of amidine groups is 1. The number of phenols is 1. The molecule has 4 rings (SSSR count). The molecule has 1 fully saturated rings. The molecule has 0 saturated carbocycles. The molecule has 6 nitrogen and oxygen atoms in total. The van der Waals surface area contributed by atoms with E-state index in [1.165, 1.54) is 22.7 Å². The van der Waals surface area contributed by atoms with Crippen LogP contribution in [0.1, 0.15) is 22.5 Å². The number of aromatic hydroxyl groups is 1. The lowest BCUT2D eigenvalue weighted by Gasteiger charge is -2.12. The number of rotatable bonds is 5. The van der Waals surface area contributed by atoms with Crippen LogP contribution in [0.15, 0.2) is 80.4 Å². The zero-order valence-corrected chi connectivity index (χ0v) is 18.1. The van der Waals surface area contributed by atoms with Gasteiger partial charge >= 0.3 is 0 Å². The monoisotopic (exact) mass is 451 g/mol. The summed E-state index contributed by atoms with van der Waals surface area (Å²) >= 11 is 7.21. The summed E-state index contributed by atoms with van der Waals surface area (Å²) in [5.41, 5.74) is 2.47. The van der Waals surface area contributed by atoms with E-state index in [4.69, 9.17) is 16.0 Å². The quantitative estimate of drug-likeness (QED) is 0.317. The Morgan fingerprint density at radius 2 is 2.00 bits per heavy atom. The Kier molecular flexibility index (Phi) is 6.25. The molecule has 31 heavy (non-hydrogen) atoms. The van der Waals surface area contributed by atoms with Crippen molar-refractivity contribution < 1.29 is 14.3 Å². The van der Waals surface area contributed by atoms with Gasteiger partial charge in [0.25, 0.3) is 5.91 Å². The standard InChI is InChI=1S/C23H18ClN3O3S/c1-15-5-2-3-6-16(15)13-25-26-23-27(14-19-7-4-10-30-19)22(29)21(31-23)12-17-11-18(24)8-9-20(17)28/h2-13,28H,14H2,1H3/b21-12-,25-13-,26-23+. The Balaban J connectivity index is 1.66. The summed E-state index contributed by atoms with van der Waals surface area (Å²) in [6.45, 7) is 2.21. The number of amides is 1. The van der Waals surface area contributed by atoms with Crippen LogP contribution in [0.2, 0.25) is 5.02 Å². The molecule has 1 aliphatic heterocycles. The highest BCUT2D eigenvalue weighted by Gasteiger charge is 2.34. The second kappa shape index (κ2) is 9.24. The van der Waals surface area contributed by atoms with Gasteiger partial charge in [-0.2, -0.15) is 5.10 Å². The van der Waals surface area contributed by atoms with Gasteiger partial charge in [0.2, 0.25) is 0 Å². The Morgan fingerprint density at radius 1 is 1.16 bits per heavy atom. The number of benzene rings is 2. The van der Waals surface area contributed by atoms with Crippen LogP contribution in [0.25, 0.3) is 6.08 Å². The molecule has 1 saturated heterocycles. The van der Waals surface area contributed by atoms with Crippen molar-refractivity contribution in [3.8, 4) is 5.75 Å². The first-order valence-electron chi connectivity index (χ1n) is 9.40. The van der Waals surface area contributed by atoms with Crippen LogP contribution >= 0.6 is 23.4 Å². The SMILES string of the molecule is Cc1ccccc1/C=N\N=C1\S/C(=C\c2cc(Cl)ccc2O)C(=O)N1Cc1ccco1. The van der Waals surface area contributed by atoms with Gasteiger partial charge in [0.05, 0.1) is 23.9 Å². The molecule has 1 aromatic heterocycles. The fourth-order valence-electron chi connectivity index (χ4n) is 2.93. The third kappa shape index (κ3) is 4.90. The Hall–Kier alpha value is -3.29. The van der Waals surface area contributed by atoms with E-state index >= 15 is 0 Å². The molecule has 0 atom stereocenters. The van der Waals surface area contributed by atoms with E-state index in [2.05, 4.69) is 10.2 Å². The molecular weight excluding hydrogens is 434 g/mol. The fraction of sp³-hybridized carbons (Fsp3) is 0.0870. The molecule has 8 heteroatoms. The number of aryl methyl sites for hydroxylation is 1. The summed E-state index contributed by atoms with van der Waals surface area (Å²) < 4.78 is 5.40. The maximum Gasteiger partial charge on any atom is 0.267 e. The second-order valence-electron chi connectivity index (χ2n) is 6.77. The van der Waals surface area contributed by atoms with E-state index in [-0.39, 0.29) is 18.2 Å². The minimum Gasteiger partial charge on any atom is -0.507 e. The number of hydrogen-bond acceptors (Lipinski definition) is 6. The first-order chi connectivity index (χ1) is 15.0. The normalized spacial score (nSPS) is 16.8. The van der Waals surface area contributed by atoms with Crippen LogP contribution in [-0.2, 0) is 11.3 Å². The van der Waals surface area contributed by atoms with Crippen molar-refractivity contribution in [2.75, 3.05) is 0 Å². The third-order valence-electron chi connectivity index (χ3n) is 4.59. The van der Waals surface area contributed by atoms with Crippen molar-refractivity contribution in [2.45, 2.75) is 13.5 Å². The Morgan fingerprint density at radius 3 is 2.77 bits per heavy atom. The summed E-state index contributed by atoms with van der Waals surface area (Å²) in [6.07, 6.45) is 4.80. The predicted octanol–water partition coefficient (Wildman–Crippen LogP) is 5.45. The molecule has 2 aromatic carbocycles. The van der Waals surface area contributed by atoms with Gasteiger partial charge in [0.1, 0.15) is 11.5 Å². The van der Waals surface area contributed by atoms with Gasteiger partial charge in [-0.15, -0.1) is 5.10 Å². The number of carbonyl (C=O) groups is 1. The van der Waals surface area contributed by atoms with Gasteiger partial charge in [-0.25, -0.2) is 0 Å². The average molecular weight is 452 g/mol. The van der Waals surface area contributed by atoms with Gasteiger partial charge in [0.15, 0.2) is 5.17 Å². The largest absolute Gasteiger partial charge is 0.507 e. The van der Waals surface area contributed by atoms with Gasteiger partial charge in [-0.1, -0.05) is 35.9 Å². The van der Waals surface area contributed by atoms with Crippen LogP contribution in [0.3, 0.4) is 0 Å². The molecule has 0 aliphatic carbocycles. The zero-order valence-electron chi connectivity index (χ0n) is 16.5. The summed E-state index contributed by atoms with van der Waals surface area (Å²) in [4.78, 5) is 15.0. The van der Waals surface area contributed by atoms with E-state index in [9.17, 15) is 9.90 Å². The molecule has 2 heterocycles. The lowest BCUT2D eigenvalue weighted by Crippen LogP contribution is -2.28. The Labute approximate surface area is 188 Å². The van der Waals surface area contributed by atoms with Gasteiger partial charge in [-0.05, 0) is 66.2 Å². The fourth-order valence-corrected chi connectivity index (χ4v) is 4.04. The molecule has 1 aliphatic rings. The lowest BCUT2D eigenvalue weighted by molar-refractivity contribution is -0.122. The second-order valence-corrected chi connectivity index (χ2v) is 8.21. The molecule has 1 N–H and O–H groups in total. The number of furan rings is 1. The zero-order chi connectivity index (χ0) is 21.8. The van der Waals surface area contributed by atoms with E-state index in [0.717, 1.165) is 11.1 Å². The highest BCUT2D eigenvalue weighted by atomic mass is 35.5. The minimum absolute atomic E-state index is 0.0332. The van der Waals surface area contributed by atoms with Crippen molar-refractivity contribution in [2.24, 2.45) is 10.2 Å². The summed E-state index contributed by atoms with van der Waals surface area (Å²) in [5, 5.41) is 19.5. The van der Waals surface area contributed by atoms with Crippen LogP contribution in [-0.4, -0.2) is 27.3 Å². The highest BCUT2D eigenvalue weighted by Crippen LogP contribution is 2.35. The van der Waals surface area contributed by atoms with Crippen molar-refractivity contribution in [3.63, 3.8) is 0 Å². The number of nitrogens with zero attached hydrogens (tertiary/aromatic N) is 3. The molecule has 0 spiro atoms. The first kappa shape index (κ1) is 21.0. The minimum atomic E-state index is -0.259. The van der Waals surface area contributed by atoms with Crippen LogP contribution < -0.4 is 0 Å². The van der Waals surface area contributed by atoms with Gasteiger partial charge in [-0.3, -0.25) is 9.69 Å². The Bertz CT molecular complexity index is 1200. The van der Waals surface area contributed by atoms with Crippen LogP contribution in [0.4, 0.5) is 0 Å². The maximum absolute atomic E-state index is 13.1. The highest BCUT2D eigenvalue weighted by molar-refractivity contribution is 8.18. The van der Waals surface area contributed by atoms with E-state index in [1.54, 1.807) is 42.8 Å². The summed E-state index contributed by atoms with van der Waals surface area (Å²) in [7, 11) is 0. The van der Waals surface area contributed by atoms with Crippen molar-refractivity contribution in [3.05, 3.63) is 93.2 Å². The first-order valence-corrected chi connectivity index (χ1v) is 10.6. The maximum atomic E-state index is 13.1. The van der Waals surface area contributed by atoms with E-state index in [1.807, 2.05) is 31.2 Å². The molecule has 156 valence electrons. The van der Waals surface area contributed by atoms with Crippen molar-refractivity contribution in [1.29, 1.82) is 0 Å². The summed E-state index contributed by atoms with van der Waals surface area (Å²) in [6, 6.07) is 16.0. The van der Waals surface area contributed by atoms with Crippen LogP contribution in [0.5, 0.6) is 5.75 Å². The number of phenolic OH excluding ortho intramolecular Hbond substituents is 1. The average Bonchev–Trinajstić information content (AvgIpc) is 3.36.